The van der Waals surface area contributed by atoms with Gasteiger partial charge in [0.25, 0.3) is 0 Å². The second-order valence-electron chi connectivity index (χ2n) is 11.5. The van der Waals surface area contributed by atoms with Crippen molar-refractivity contribution in [1.82, 2.24) is 9.80 Å². The van der Waals surface area contributed by atoms with Crippen LogP contribution in [0.4, 0.5) is 4.39 Å². The third-order valence-corrected chi connectivity index (χ3v) is 8.70. The van der Waals surface area contributed by atoms with Crippen molar-refractivity contribution < 1.29 is 52.7 Å². The number of fused-ring (bicyclic) bond motifs is 2. The van der Waals surface area contributed by atoms with Gasteiger partial charge in [-0.3, -0.25) is 19.2 Å². The summed E-state index contributed by atoms with van der Waals surface area (Å²) in [5, 5.41) is 18.4. The van der Waals surface area contributed by atoms with Crippen molar-refractivity contribution in [2.75, 3.05) is 27.4 Å². The van der Waals surface area contributed by atoms with Gasteiger partial charge in [0.1, 0.15) is 0 Å². The van der Waals surface area contributed by atoms with Gasteiger partial charge < -0.3 is 39.0 Å². The Labute approximate surface area is 270 Å². The summed E-state index contributed by atoms with van der Waals surface area (Å²) >= 11 is 6.70. The largest absolute Gasteiger partial charge is 0.493 e. The molecule has 2 amide bonds. The van der Waals surface area contributed by atoms with E-state index in [-0.39, 0.29) is 60.6 Å². The summed E-state index contributed by atoms with van der Waals surface area (Å²) in [7, 11) is 2.79. The molecule has 12 nitrogen and oxygen atoms in total. The number of carboxylic acids is 2. The molecule has 14 heteroatoms. The highest BCUT2D eigenvalue weighted by Crippen LogP contribution is 2.49. The van der Waals surface area contributed by atoms with E-state index >= 15 is 4.39 Å². The first kappa shape index (κ1) is 34.6. The summed E-state index contributed by atoms with van der Waals surface area (Å²) in [4.78, 5) is 50.9. The van der Waals surface area contributed by atoms with Gasteiger partial charge in [0.05, 0.1) is 50.3 Å². The number of hydrogen-bond acceptors (Lipinski definition) is 8. The van der Waals surface area contributed by atoms with Gasteiger partial charge in [0.15, 0.2) is 28.8 Å². The van der Waals surface area contributed by atoms with E-state index in [0.29, 0.717) is 36.6 Å². The first-order chi connectivity index (χ1) is 21.8. The van der Waals surface area contributed by atoms with Crippen molar-refractivity contribution >= 4 is 35.4 Å². The predicted octanol–water partition coefficient (Wildman–Crippen LogP) is 4.81. The molecular formula is C32H38ClFN2O10. The van der Waals surface area contributed by atoms with Gasteiger partial charge in [0, 0.05) is 50.0 Å². The number of aliphatic carboxylic acids is 2. The number of amides is 2. The van der Waals surface area contributed by atoms with Crippen molar-refractivity contribution in [3.8, 4) is 23.0 Å². The van der Waals surface area contributed by atoms with E-state index in [1.54, 1.807) is 24.0 Å². The Morgan fingerprint density at radius 3 is 2.02 bits per heavy atom. The monoisotopic (exact) mass is 664 g/mol. The van der Waals surface area contributed by atoms with E-state index in [9.17, 15) is 24.3 Å². The minimum Gasteiger partial charge on any atom is -0.493 e. The van der Waals surface area contributed by atoms with Crippen molar-refractivity contribution in [2.45, 2.75) is 65.7 Å². The number of carbonyl (C=O) groups is 4. The average molecular weight is 665 g/mol. The van der Waals surface area contributed by atoms with Crippen LogP contribution in [0.25, 0.3) is 0 Å². The molecule has 250 valence electrons. The molecule has 4 rings (SSSR count). The third-order valence-electron chi connectivity index (χ3n) is 8.33. The molecule has 0 spiro atoms. The molecule has 2 aliphatic rings. The van der Waals surface area contributed by atoms with Crippen LogP contribution >= 0.6 is 11.6 Å². The maximum atomic E-state index is 15.6. The van der Waals surface area contributed by atoms with E-state index in [4.69, 9.17) is 35.7 Å². The quantitative estimate of drug-likeness (QED) is 0.269. The smallest absolute Gasteiger partial charge is 0.306 e. The molecule has 46 heavy (non-hydrogen) atoms. The summed E-state index contributed by atoms with van der Waals surface area (Å²) in [6.07, 6.45) is 0.0439. The van der Waals surface area contributed by atoms with Crippen molar-refractivity contribution in [3.05, 3.63) is 45.2 Å². The lowest BCUT2D eigenvalue weighted by Gasteiger charge is -2.23. The van der Waals surface area contributed by atoms with Gasteiger partial charge in [-0.25, -0.2) is 4.39 Å². The zero-order valence-electron chi connectivity index (χ0n) is 26.4. The summed E-state index contributed by atoms with van der Waals surface area (Å²) in [5.74, 6) is -4.43. The number of ether oxygens (including phenoxy) is 4. The van der Waals surface area contributed by atoms with Gasteiger partial charge in [-0.1, -0.05) is 25.4 Å². The number of carbonyl (C=O) groups excluding carboxylic acids is 2. The highest BCUT2D eigenvalue weighted by atomic mass is 35.5. The molecule has 2 N–H and O–H groups in total. The zero-order chi connectivity index (χ0) is 33.9. The Balaban J connectivity index is 1.39. The fraction of sp³-hybridized carbons (Fsp3) is 0.500. The molecule has 0 saturated carbocycles. The molecule has 0 aliphatic carbocycles. The normalized spacial score (nSPS) is 16.4. The van der Waals surface area contributed by atoms with E-state index < -0.39 is 41.5 Å². The Morgan fingerprint density at radius 2 is 1.46 bits per heavy atom. The van der Waals surface area contributed by atoms with Crippen LogP contribution in [0.1, 0.15) is 68.3 Å². The van der Waals surface area contributed by atoms with E-state index in [0.717, 1.165) is 11.1 Å². The lowest BCUT2D eigenvalue weighted by Crippen LogP contribution is -2.30. The molecular weight excluding hydrogens is 627 g/mol. The Morgan fingerprint density at radius 1 is 0.891 bits per heavy atom. The fourth-order valence-electron chi connectivity index (χ4n) is 5.59. The number of halogens is 2. The van der Waals surface area contributed by atoms with Crippen LogP contribution in [0, 0.1) is 17.7 Å². The Bertz CT molecular complexity index is 1530. The molecule has 2 aromatic rings. The zero-order valence-corrected chi connectivity index (χ0v) is 27.1. The molecule has 0 aromatic heterocycles. The lowest BCUT2D eigenvalue weighted by atomic mass is 10.0. The van der Waals surface area contributed by atoms with Crippen LogP contribution in [0.3, 0.4) is 0 Å². The lowest BCUT2D eigenvalue weighted by molar-refractivity contribution is -0.146. The number of methoxy groups -OCH3 is 2. The predicted molar refractivity (Wildman–Crippen MR) is 163 cm³/mol. The van der Waals surface area contributed by atoms with Gasteiger partial charge in [-0.05, 0) is 30.2 Å². The number of carboxylic acid groups (broad SMARTS) is 2. The van der Waals surface area contributed by atoms with Crippen molar-refractivity contribution in [3.63, 3.8) is 0 Å². The van der Waals surface area contributed by atoms with Gasteiger partial charge in [-0.2, -0.15) is 0 Å². The van der Waals surface area contributed by atoms with Crippen LogP contribution < -0.4 is 18.9 Å². The van der Waals surface area contributed by atoms with Crippen LogP contribution in [-0.4, -0.2) is 71.2 Å². The SMILES string of the molecule is COc1cc2c(cc1OCCCOc1c(Cl)c3c(c(F)c1OC)CN(C(=O)CC(C)C(=O)O)C3C)CN(C(=O)C[C@H](C)C(=O)O)C2. The second-order valence-corrected chi connectivity index (χ2v) is 11.9. The molecule has 2 aromatic carbocycles. The number of nitrogens with zero attached hydrogens (tertiary/aromatic N) is 2. The number of hydrogen-bond donors (Lipinski definition) is 2. The molecule has 3 atom stereocenters. The summed E-state index contributed by atoms with van der Waals surface area (Å²) in [6, 6.07) is 2.98. The summed E-state index contributed by atoms with van der Waals surface area (Å²) in [6.45, 7) is 5.50. The van der Waals surface area contributed by atoms with Gasteiger partial charge in [0.2, 0.25) is 11.8 Å². The molecule has 0 bridgehead atoms. The molecule has 2 unspecified atom stereocenters. The minimum atomic E-state index is -1.10. The molecule has 0 saturated heterocycles. The van der Waals surface area contributed by atoms with Gasteiger partial charge in [-0.15, -0.1) is 0 Å². The first-order valence-electron chi connectivity index (χ1n) is 14.8. The maximum Gasteiger partial charge on any atom is 0.306 e. The van der Waals surface area contributed by atoms with Crippen molar-refractivity contribution in [2.24, 2.45) is 11.8 Å². The topological polar surface area (TPSA) is 152 Å². The van der Waals surface area contributed by atoms with Crippen LogP contribution in [0.5, 0.6) is 23.0 Å². The highest BCUT2D eigenvalue weighted by Gasteiger charge is 2.39. The fourth-order valence-corrected chi connectivity index (χ4v) is 6.00. The first-order valence-corrected chi connectivity index (χ1v) is 15.2. The van der Waals surface area contributed by atoms with E-state index in [1.165, 1.54) is 33.0 Å². The molecule has 2 heterocycles. The average Bonchev–Trinajstić information content (AvgIpc) is 3.59. The third kappa shape index (κ3) is 7.09. The molecule has 2 aliphatic heterocycles. The van der Waals surface area contributed by atoms with E-state index in [1.807, 2.05) is 0 Å². The Kier molecular flexibility index (Phi) is 10.9. The summed E-state index contributed by atoms with van der Waals surface area (Å²) in [5.41, 5.74) is 2.33. The standard InChI is InChI=1S/C32H38ClFN2O10/c1-16(31(39)40)9-24(37)35-13-19-11-22(43-4)23(12-20(19)14-35)45-7-6-8-46-29-27(33)26-18(3)36(25(38)10-17(2)32(41)42)15-21(26)28(34)30(29)44-5/h11-12,16-18H,6-10,13-15H2,1-5H3,(H,39,40)(H,41,42)/t16-,17?,18?/m0/s1. The second kappa shape index (κ2) is 14.4. The highest BCUT2D eigenvalue weighted by molar-refractivity contribution is 6.33. The van der Waals surface area contributed by atoms with Crippen LogP contribution in [-0.2, 0) is 38.8 Å². The van der Waals surface area contributed by atoms with Crippen LogP contribution in [0.2, 0.25) is 5.02 Å². The number of rotatable bonds is 14. The molecule has 0 radical (unpaired) electrons. The molecule has 0 fully saturated rings. The summed E-state index contributed by atoms with van der Waals surface area (Å²) < 4.78 is 38.2. The van der Waals surface area contributed by atoms with Crippen LogP contribution in [0.15, 0.2) is 12.1 Å². The van der Waals surface area contributed by atoms with Gasteiger partial charge >= 0.3 is 11.9 Å². The van der Waals surface area contributed by atoms with E-state index in [2.05, 4.69) is 0 Å². The number of benzene rings is 2. The maximum absolute atomic E-state index is 15.6. The van der Waals surface area contributed by atoms with Crippen molar-refractivity contribution in [1.29, 1.82) is 0 Å². The Hall–Kier alpha value is -4.26. The minimum absolute atomic E-state index is 0.00226.